The number of rotatable bonds is 9. The van der Waals surface area contributed by atoms with Gasteiger partial charge in [0.1, 0.15) is 17.4 Å². The van der Waals surface area contributed by atoms with Gasteiger partial charge in [-0.05, 0) is 70.4 Å². The maximum atomic E-state index is 5.80. The number of nitrogens with zero attached hydrogens (tertiary/aromatic N) is 2. The van der Waals surface area contributed by atoms with Gasteiger partial charge in [0.25, 0.3) is 0 Å². The molecular formula is C21H31N3OS. The minimum absolute atomic E-state index is 0.543. The van der Waals surface area contributed by atoms with Crippen LogP contribution >= 0.6 is 11.3 Å². The summed E-state index contributed by atoms with van der Waals surface area (Å²) in [7, 11) is 0. The summed E-state index contributed by atoms with van der Waals surface area (Å²) in [6.07, 6.45) is 3.93. The number of likely N-dealkylation sites (tertiary alicyclic amines) is 1. The van der Waals surface area contributed by atoms with E-state index in [1.165, 1.54) is 44.5 Å². The number of hydrogen-bond donors (Lipinski definition) is 1. The quantitative estimate of drug-likeness (QED) is 0.667. The molecule has 5 heteroatoms. The summed E-state index contributed by atoms with van der Waals surface area (Å²) in [5.41, 5.74) is 2.36. The van der Waals surface area contributed by atoms with Crippen molar-refractivity contribution in [1.82, 2.24) is 15.2 Å². The first kappa shape index (κ1) is 19.3. The Morgan fingerprint density at radius 3 is 2.77 bits per heavy atom. The van der Waals surface area contributed by atoms with Crippen molar-refractivity contribution in [2.24, 2.45) is 5.92 Å². The highest BCUT2D eigenvalue weighted by Gasteiger charge is 2.14. The van der Waals surface area contributed by atoms with Crippen molar-refractivity contribution in [3.8, 4) is 5.75 Å². The molecule has 2 heterocycles. The van der Waals surface area contributed by atoms with Gasteiger partial charge in [0.15, 0.2) is 0 Å². The fourth-order valence-electron chi connectivity index (χ4n) is 3.21. The highest BCUT2D eigenvalue weighted by Crippen LogP contribution is 2.17. The van der Waals surface area contributed by atoms with E-state index in [0.717, 1.165) is 35.5 Å². The second-order valence-electron chi connectivity index (χ2n) is 7.39. The number of aromatic nitrogens is 1. The lowest BCUT2D eigenvalue weighted by molar-refractivity contribution is 0.190. The number of nitrogens with one attached hydrogen (secondary N) is 1. The monoisotopic (exact) mass is 373 g/mol. The average molecular weight is 374 g/mol. The van der Waals surface area contributed by atoms with Gasteiger partial charge >= 0.3 is 0 Å². The molecule has 4 nitrogen and oxygen atoms in total. The Balaban J connectivity index is 1.29. The molecule has 1 saturated heterocycles. The van der Waals surface area contributed by atoms with E-state index in [1.54, 1.807) is 11.3 Å². The van der Waals surface area contributed by atoms with Crippen LogP contribution in [0.15, 0.2) is 29.6 Å². The van der Waals surface area contributed by atoms with Gasteiger partial charge in [0, 0.05) is 11.9 Å². The number of hydrogen-bond acceptors (Lipinski definition) is 5. The van der Waals surface area contributed by atoms with E-state index in [2.05, 4.69) is 46.6 Å². The predicted octanol–water partition coefficient (Wildman–Crippen LogP) is 4.24. The summed E-state index contributed by atoms with van der Waals surface area (Å²) in [4.78, 5) is 7.26. The standard InChI is InChI=1S/C21H31N3OS/c1-17-4-6-20(7-5-17)25-15-21-23-19(16-26-21)14-22-10-3-11-24-12-8-18(2)9-13-24/h4-7,16,18,22H,3,8-15H2,1-2H3. The highest BCUT2D eigenvalue weighted by molar-refractivity contribution is 7.09. The molecule has 1 N–H and O–H groups in total. The number of thiazole rings is 1. The van der Waals surface area contributed by atoms with Crippen LogP contribution in [-0.2, 0) is 13.2 Å². The van der Waals surface area contributed by atoms with E-state index < -0.39 is 0 Å². The minimum atomic E-state index is 0.543. The highest BCUT2D eigenvalue weighted by atomic mass is 32.1. The number of ether oxygens (including phenoxy) is 1. The lowest BCUT2D eigenvalue weighted by atomic mass is 9.99. The maximum absolute atomic E-state index is 5.80. The molecule has 1 fully saturated rings. The fourth-order valence-corrected chi connectivity index (χ4v) is 3.91. The summed E-state index contributed by atoms with van der Waals surface area (Å²) in [6.45, 7) is 10.7. The van der Waals surface area contributed by atoms with Gasteiger partial charge in [0.2, 0.25) is 0 Å². The van der Waals surface area contributed by atoms with Crippen molar-refractivity contribution in [1.29, 1.82) is 0 Å². The number of piperidine rings is 1. The molecule has 1 aliphatic heterocycles. The van der Waals surface area contributed by atoms with Crippen LogP contribution in [0.2, 0.25) is 0 Å². The fraction of sp³-hybridized carbons (Fsp3) is 0.571. The molecule has 0 saturated carbocycles. The number of aryl methyl sites for hydroxylation is 1. The molecule has 142 valence electrons. The first-order chi connectivity index (χ1) is 12.7. The Hall–Kier alpha value is -1.43. The van der Waals surface area contributed by atoms with Crippen molar-refractivity contribution >= 4 is 11.3 Å². The van der Waals surface area contributed by atoms with E-state index in [1.807, 2.05) is 12.1 Å². The van der Waals surface area contributed by atoms with Crippen molar-refractivity contribution in [2.45, 2.75) is 46.3 Å². The predicted molar refractivity (Wildman–Crippen MR) is 109 cm³/mol. The molecule has 1 aromatic heterocycles. The van der Waals surface area contributed by atoms with Gasteiger partial charge < -0.3 is 15.0 Å². The second-order valence-corrected chi connectivity index (χ2v) is 8.33. The summed E-state index contributed by atoms with van der Waals surface area (Å²) in [5.74, 6) is 1.82. The van der Waals surface area contributed by atoms with Crippen LogP contribution in [0.1, 0.15) is 42.5 Å². The third-order valence-corrected chi connectivity index (χ3v) is 5.86. The molecule has 0 spiro atoms. The zero-order valence-corrected chi connectivity index (χ0v) is 16.9. The van der Waals surface area contributed by atoms with Crippen LogP contribution in [0, 0.1) is 12.8 Å². The van der Waals surface area contributed by atoms with Crippen molar-refractivity contribution < 1.29 is 4.74 Å². The van der Waals surface area contributed by atoms with Gasteiger partial charge in [0.05, 0.1) is 5.69 Å². The van der Waals surface area contributed by atoms with Crippen LogP contribution in [-0.4, -0.2) is 36.1 Å². The van der Waals surface area contributed by atoms with Crippen LogP contribution < -0.4 is 10.1 Å². The molecule has 26 heavy (non-hydrogen) atoms. The SMILES string of the molecule is Cc1ccc(OCc2nc(CNCCCN3CCC(C)CC3)cs2)cc1. The van der Waals surface area contributed by atoms with E-state index >= 15 is 0 Å². The van der Waals surface area contributed by atoms with E-state index in [-0.39, 0.29) is 0 Å². The smallest absolute Gasteiger partial charge is 0.140 e. The first-order valence-electron chi connectivity index (χ1n) is 9.75. The molecule has 1 aliphatic rings. The van der Waals surface area contributed by atoms with E-state index in [0.29, 0.717) is 6.61 Å². The molecule has 0 aliphatic carbocycles. The van der Waals surface area contributed by atoms with E-state index in [4.69, 9.17) is 4.74 Å². The average Bonchev–Trinajstić information content (AvgIpc) is 3.10. The largest absolute Gasteiger partial charge is 0.486 e. The lowest BCUT2D eigenvalue weighted by Gasteiger charge is -2.30. The zero-order chi connectivity index (χ0) is 18.2. The number of benzene rings is 1. The maximum Gasteiger partial charge on any atom is 0.140 e. The Bertz CT molecular complexity index is 648. The summed E-state index contributed by atoms with van der Waals surface area (Å²) >= 11 is 1.67. The first-order valence-corrected chi connectivity index (χ1v) is 10.6. The van der Waals surface area contributed by atoms with Crippen LogP contribution in [0.4, 0.5) is 0 Å². The summed E-state index contributed by atoms with van der Waals surface area (Å²) < 4.78 is 5.80. The molecular weight excluding hydrogens is 342 g/mol. The van der Waals surface area contributed by atoms with Gasteiger partial charge in [-0.1, -0.05) is 24.6 Å². The second kappa shape index (κ2) is 10.0. The molecule has 0 atom stereocenters. The minimum Gasteiger partial charge on any atom is -0.486 e. The Morgan fingerprint density at radius 1 is 1.23 bits per heavy atom. The molecule has 2 aromatic rings. The zero-order valence-electron chi connectivity index (χ0n) is 16.0. The van der Waals surface area contributed by atoms with Crippen molar-refractivity contribution in [3.63, 3.8) is 0 Å². The summed E-state index contributed by atoms with van der Waals surface area (Å²) in [5, 5.41) is 6.68. The molecule has 3 rings (SSSR count). The van der Waals surface area contributed by atoms with Crippen LogP contribution in [0.3, 0.4) is 0 Å². The van der Waals surface area contributed by atoms with Crippen LogP contribution in [0.25, 0.3) is 0 Å². The summed E-state index contributed by atoms with van der Waals surface area (Å²) in [6, 6.07) is 8.15. The lowest BCUT2D eigenvalue weighted by Crippen LogP contribution is -2.34. The third kappa shape index (κ3) is 6.38. The van der Waals surface area contributed by atoms with Gasteiger partial charge in [-0.2, -0.15) is 0 Å². The van der Waals surface area contributed by atoms with E-state index in [9.17, 15) is 0 Å². The molecule has 0 amide bonds. The Labute approximate surface area is 161 Å². The molecule has 0 unspecified atom stereocenters. The van der Waals surface area contributed by atoms with Gasteiger partial charge in [-0.25, -0.2) is 4.98 Å². The van der Waals surface area contributed by atoms with Crippen molar-refractivity contribution in [2.75, 3.05) is 26.2 Å². The van der Waals surface area contributed by atoms with Crippen LogP contribution in [0.5, 0.6) is 5.75 Å². The molecule has 0 radical (unpaired) electrons. The Kier molecular flexibility index (Phi) is 7.47. The third-order valence-electron chi connectivity index (χ3n) is 4.99. The van der Waals surface area contributed by atoms with Gasteiger partial charge in [-0.15, -0.1) is 11.3 Å². The Morgan fingerprint density at radius 2 is 2.00 bits per heavy atom. The normalized spacial score (nSPS) is 16.1. The topological polar surface area (TPSA) is 37.4 Å². The van der Waals surface area contributed by atoms with Crippen molar-refractivity contribution in [3.05, 3.63) is 45.9 Å². The molecule has 0 bridgehead atoms. The molecule has 1 aromatic carbocycles. The van der Waals surface area contributed by atoms with Gasteiger partial charge in [-0.3, -0.25) is 0 Å².